The van der Waals surface area contributed by atoms with Gasteiger partial charge in [-0.05, 0) is 38.2 Å². The maximum Gasteiger partial charge on any atom is 0.275 e. The smallest absolute Gasteiger partial charge is 0.275 e. The first-order valence-corrected chi connectivity index (χ1v) is 7.07. The summed E-state index contributed by atoms with van der Waals surface area (Å²) in [6, 6.07) is 9.32. The topological polar surface area (TPSA) is 60.1 Å². The Bertz CT molecular complexity index is 625. The van der Waals surface area contributed by atoms with Gasteiger partial charge in [0.1, 0.15) is 0 Å². The van der Waals surface area contributed by atoms with Crippen LogP contribution in [-0.2, 0) is 6.54 Å². The highest BCUT2D eigenvalue weighted by Crippen LogP contribution is 2.25. The number of nitrogens with one attached hydrogen (secondary N) is 1. The average Bonchev–Trinajstić information content (AvgIpc) is 2.87. The largest absolute Gasteiger partial charge is 0.345 e. The third kappa shape index (κ3) is 3.08. The molecule has 1 unspecified atom stereocenters. The van der Waals surface area contributed by atoms with E-state index in [4.69, 9.17) is 0 Å². The molecule has 0 radical (unpaired) electrons. The molecule has 1 heterocycles. The predicted octanol–water partition coefficient (Wildman–Crippen LogP) is 3.49. The van der Waals surface area contributed by atoms with Crippen LogP contribution in [0.4, 0.5) is 5.69 Å². The molecule has 0 aliphatic heterocycles. The van der Waals surface area contributed by atoms with Crippen molar-refractivity contribution in [2.75, 3.05) is 7.05 Å². The lowest BCUT2D eigenvalue weighted by Gasteiger charge is -2.15. The second-order valence-corrected chi connectivity index (χ2v) is 5.52. The Balaban J connectivity index is 2.36. The predicted molar refractivity (Wildman–Crippen MR) is 81.8 cm³/mol. The lowest BCUT2D eigenvalue weighted by molar-refractivity contribution is -0.385. The SMILES string of the molecule is CNC(C)c1cccn1Cc1ccc(Br)cc1[N+](=O)[O-]. The summed E-state index contributed by atoms with van der Waals surface area (Å²) in [7, 11) is 1.89. The van der Waals surface area contributed by atoms with E-state index in [0.29, 0.717) is 16.6 Å². The number of nitrogens with zero attached hydrogens (tertiary/aromatic N) is 2. The third-order valence-electron chi connectivity index (χ3n) is 3.33. The van der Waals surface area contributed by atoms with Crippen LogP contribution in [0.3, 0.4) is 0 Å². The molecule has 0 amide bonds. The highest BCUT2D eigenvalue weighted by molar-refractivity contribution is 9.10. The molecule has 2 aromatic rings. The molecule has 0 saturated heterocycles. The molecule has 6 heteroatoms. The van der Waals surface area contributed by atoms with E-state index in [1.165, 1.54) is 0 Å². The second kappa shape index (κ2) is 6.19. The fourth-order valence-corrected chi connectivity index (χ4v) is 2.49. The summed E-state index contributed by atoms with van der Waals surface area (Å²) in [6.45, 7) is 2.54. The molecule has 5 nitrogen and oxygen atoms in total. The number of nitro benzene ring substituents is 1. The van der Waals surface area contributed by atoms with Crippen LogP contribution in [0.25, 0.3) is 0 Å². The van der Waals surface area contributed by atoms with Gasteiger partial charge in [-0.1, -0.05) is 15.9 Å². The van der Waals surface area contributed by atoms with Crippen LogP contribution in [0.1, 0.15) is 24.2 Å². The van der Waals surface area contributed by atoms with Gasteiger partial charge in [-0.15, -0.1) is 0 Å². The zero-order chi connectivity index (χ0) is 14.7. The Morgan fingerprint density at radius 1 is 1.45 bits per heavy atom. The zero-order valence-electron chi connectivity index (χ0n) is 11.3. The van der Waals surface area contributed by atoms with Gasteiger partial charge >= 0.3 is 0 Å². The molecule has 0 aliphatic carbocycles. The van der Waals surface area contributed by atoms with Crippen LogP contribution in [-0.4, -0.2) is 16.5 Å². The molecule has 106 valence electrons. The molecule has 20 heavy (non-hydrogen) atoms. The molecule has 1 N–H and O–H groups in total. The van der Waals surface area contributed by atoms with Gasteiger partial charge in [0.05, 0.1) is 11.5 Å². The molecule has 0 aliphatic rings. The Hall–Kier alpha value is -1.66. The summed E-state index contributed by atoms with van der Waals surface area (Å²) in [5, 5.41) is 14.3. The Morgan fingerprint density at radius 3 is 2.85 bits per heavy atom. The molecule has 2 rings (SSSR count). The summed E-state index contributed by atoms with van der Waals surface area (Å²) in [5.74, 6) is 0. The maximum absolute atomic E-state index is 11.1. The van der Waals surface area contributed by atoms with Crippen LogP contribution in [0.15, 0.2) is 41.0 Å². The van der Waals surface area contributed by atoms with Crippen LogP contribution in [0.5, 0.6) is 0 Å². The Kier molecular flexibility index (Phi) is 4.57. The molecule has 1 aromatic carbocycles. The number of benzene rings is 1. The quantitative estimate of drug-likeness (QED) is 0.671. The van der Waals surface area contributed by atoms with Gasteiger partial charge in [0.25, 0.3) is 5.69 Å². The summed E-state index contributed by atoms with van der Waals surface area (Å²) < 4.78 is 2.74. The van der Waals surface area contributed by atoms with E-state index in [1.54, 1.807) is 12.1 Å². The lowest BCUT2D eigenvalue weighted by atomic mass is 10.1. The second-order valence-electron chi connectivity index (χ2n) is 4.60. The Labute approximate surface area is 125 Å². The van der Waals surface area contributed by atoms with Gasteiger partial charge in [0, 0.05) is 34.0 Å². The van der Waals surface area contributed by atoms with E-state index in [0.717, 1.165) is 5.69 Å². The van der Waals surface area contributed by atoms with Crippen molar-refractivity contribution in [2.45, 2.75) is 19.5 Å². The molecule has 0 saturated carbocycles. The summed E-state index contributed by atoms with van der Waals surface area (Å²) in [6.07, 6.45) is 1.94. The van der Waals surface area contributed by atoms with Crippen LogP contribution in [0, 0.1) is 10.1 Å². The standard InChI is InChI=1S/C14H16BrN3O2/c1-10(16-2)13-4-3-7-17(13)9-11-5-6-12(15)8-14(11)18(19)20/h3-8,10,16H,9H2,1-2H3. The fraction of sp³-hybridized carbons (Fsp3) is 0.286. The normalized spacial score (nSPS) is 12.3. The van der Waals surface area contributed by atoms with E-state index >= 15 is 0 Å². The molecule has 1 atom stereocenters. The third-order valence-corrected chi connectivity index (χ3v) is 3.82. The van der Waals surface area contributed by atoms with Crippen LogP contribution >= 0.6 is 15.9 Å². The first-order valence-electron chi connectivity index (χ1n) is 6.28. The number of hydrogen-bond donors (Lipinski definition) is 1. The van der Waals surface area contributed by atoms with E-state index in [-0.39, 0.29) is 16.7 Å². The van der Waals surface area contributed by atoms with Gasteiger partial charge in [0.15, 0.2) is 0 Å². The monoisotopic (exact) mass is 337 g/mol. The van der Waals surface area contributed by atoms with Gasteiger partial charge in [-0.2, -0.15) is 0 Å². The fourth-order valence-electron chi connectivity index (χ4n) is 2.14. The van der Waals surface area contributed by atoms with Crippen LogP contribution < -0.4 is 5.32 Å². The number of rotatable bonds is 5. The minimum absolute atomic E-state index is 0.135. The number of hydrogen-bond acceptors (Lipinski definition) is 3. The van der Waals surface area contributed by atoms with Gasteiger partial charge in [-0.3, -0.25) is 10.1 Å². The van der Waals surface area contributed by atoms with Crippen molar-refractivity contribution in [3.63, 3.8) is 0 Å². The number of nitro groups is 1. The molecule has 0 bridgehead atoms. The van der Waals surface area contributed by atoms with Crippen molar-refractivity contribution in [3.05, 3.63) is 62.4 Å². The van der Waals surface area contributed by atoms with Crippen LogP contribution in [0.2, 0.25) is 0 Å². The minimum atomic E-state index is -0.342. The first-order chi connectivity index (χ1) is 9.52. The van der Waals surface area contributed by atoms with E-state index in [1.807, 2.05) is 36.0 Å². The van der Waals surface area contributed by atoms with Gasteiger partial charge in [0.2, 0.25) is 0 Å². The molecule has 0 spiro atoms. The van der Waals surface area contributed by atoms with Crippen molar-refractivity contribution in [1.29, 1.82) is 0 Å². The lowest BCUT2D eigenvalue weighted by Crippen LogP contribution is -2.17. The summed E-state index contributed by atoms with van der Waals surface area (Å²) >= 11 is 3.27. The van der Waals surface area contributed by atoms with E-state index in [2.05, 4.69) is 28.2 Å². The number of aromatic nitrogens is 1. The summed E-state index contributed by atoms with van der Waals surface area (Å²) in [5.41, 5.74) is 1.93. The molecular formula is C14H16BrN3O2. The van der Waals surface area contributed by atoms with Crippen molar-refractivity contribution >= 4 is 21.6 Å². The van der Waals surface area contributed by atoms with E-state index in [9.17, 15) is 10.1 Å². The number of halogens is 1. The van der Waals surface area contributed by atoms with Gasteiger partial charge < -0.3 is 9.88 Å². The summed E-state index contributed by atoms with van der Waals surface area (Å²) in [4.78, 5) is 10.8. The highest BCUT2D eigenvalue weighted by atomic mass is 79.9. The zero-order valence-corrected chi connectivity index (χ0v) is 12.9. The molecule has 0 fully saturated rings. The van der Waals surface area contributed by atoms with Crippen molar-refractivity contribution in [2.24, 2.45) is 0 Å². The van der Waals surface area contributed by atoms with Gasteiger partial charge in [-0.25, -0.2) is 0 Å². The minimum Gasteiger partial charge on any atom is -0.345 e. The maximum atomic E-state index is 11.1. The Morgan fingerprint density at radius 2 is 2.20 bits per heavy atom. The average molecular weight is 338 g/mol. The van der Waals surface area contributed by atoms with Crippen molar-refractivity contribution in [3.8, 4) is 0 Å². The first kappa shape index (κ1) is 14.7. The van der Waals surface area contributed by atoms with Crippen molar-refractivity contribution < 1.29 is 4.92 Å². The molecular weight excluding hydrogens is 322 g/mol. The highest BCUT2D eigenvalue weighted by Gasteiger charge is 2.16. The van der Waals surface area contributed by atoms with Crippen molar-refractivity contribution in [1.82, 2.24) is 9.88 Å². The van der Waals surface area contributed by atoms with E-state index < -0.39 is 0 Å². The molecule has 1 aromatic heterocycles.